The predicted octanol–water partition coefficient (Wildman–Crippen LogP) is 1.91. The van der Waals surface area contributed by atoms with E-state index in [2.05, 4.69) is 4.90 Å². The predicted molar refractivity (Wildman–Crippen MR) is 86.6 cm³/mol. The number of hydrogen-bond donors (Lipinski definition) is 0. The van der Waals surface area contributed by atoms with Gasteiger partial charge in [0.05, 0.1) is 24.8 Å². The zero-order valence-corrected chi connectivity index (χ0v) is 13.7. The van der Waals surface area contributed by atoms with Crippen molar-refractivity contribution in [1.82, 2.24) is 9.80 Å². The van der Waals surface area contributed by atoms with Gasteiger partial charge in [0.1, 0.15) is 11.9 Å². The van der Waals surface area contributed by atoms with E-state index in [9.17, 15) is 9.18 Å². The summed E-state index contributed by atoms with van der Waals surface area (Å²) in [4.78, 5) is 16.8. The molecule has 0 aromatic heterocycles. The maximum Gasteiger partial charge on any atom is 0.240 e. The SMILES string of the molecule is N#Cc1cccc(CN2CCCCC2C(=O)N2CCOCC2)c1F. The molecule has 6 heteroatoms. The summed E-state index contributed by atoms with van der Waals surface area (Å²) in [7, 11) is 0. The van der Waals surface area contributed by atoms with Crippen LogP contribution in [-0.4, -0.2) is 54.6 Å². The fourth-order valence-electron chi connectivity index (χ4n) is 3.46. The van der Waals surface area contributed by atoms with Gasteiger partial charge in [0.15, 0.2) is 0 Å². The minimum Gasteiger partial charge on any atom is -0.378 e. The quantitative estimate of drug-likeness (QED) is 0.849. The molecule has 0 radical (unpaired) electrons. The molecule has 2 heterocycles. The van der Waals surface area contributed by atoms with Crippen molar-refractivity contribution < 1.29 is 13.9 Å². The van der Waals surface area contributed by atoms with Gasteiger partial charge in [-0.25, -0.2) is 4.39 Å². The van der Waals surface area contributed by atoms with E-state index in [-0.39, 0.29) is 17.5 Å². The smallest absolute Gasteiger partial charge is 0.240 e. The van der Waals surface area contributed by atoms with Crippen LogP contribution < -0.4 is 0 Å². The van der Waals surface area contributed by atoms with Crippen LogP contribution in [0.1, 0.15) is 30.4 Å². The Morgan fingerprint density at radius 1 is 1.29 bits per heavy atom. The van der Waals surface area contributed by atoms with Gasteiger partial charge >= 0.3 is 0 Å². The number of halogens is 1. The van der Waals surface area contributed by atoms with Crippen molar-refractivity contribution in [3.63, 3.8) is 0 Å². The molecule has 2 aliphatic heterocycles. The first-order valence-electron chi connectivity index (χ1n) is 8.49. The van der Waals surface area contributed by atoms with Crippen LogP contribution in [0.25, 0.3) is 0 Å². The van der Waals surface area contributed by atoms with Crippen LogP contribution in [0.4, 0.5) is 4.39 Å². The molecule has 1 aromatic rings. The highest BCUT2D eigenvalue weighted by molar-refractivity contribution is 5.82. The monoisotopic (exact) mass is 331 g/mol. The first-order valence-corrected chi connectivity index (χ1v) is 8.49. The van der Waals surface area contributed by atoms with Gasteiger partial charge in [0, 0.05) is 25.2 Å². The number of piperidine rings is 1. The summed E-state index contributed by atoms with van der Waals surface area (Å²) in [5.41, 5.74) is 0.538. The van der Waals surface area contributed by atoms with Crippen molar-refractivity contribution in [1.29, 1.82) is 5.26 Å². The van der Waals surface area contributed by atoms with E-state index in [4.69, 9.17) is 10.00 Å². The van der Waals surface area contributed by atoms with Crippen LogP contribution in [0.3, 0.4) is 0 Å². The van der Waals surface area contributed by atoms with E-state index < -0.39 is 5.82 Å². The fourth-order valence-corrected chi connectivity index (χ4v) is 3.46. The third-order valence-corrected chi connectivity index (χ3v) is 4.79. The minimum atomic E-state index is -0.469. The van der Waals surface area contributed by atoms with Crippen molar-refractivity contribution in [2.75, 3.05) is 32.8 Å². The van der Waals surface area contributed by atoms with Crippen LogP contribution in [0, 0.1) is 17.1 Å². The lowest BCUT2D eigenvalue weighted by Gasteiger charge is -2.38. The topological polar surface area (TPSA) is 56.6 Å². The van der Waals surface area contributed by atoms with Crippen molar-refractivity contribution in [3.8, 4) is 6.07 Å². The molecule has 0 bridgehead atoms. The zero-order chi connectivity index (χ0) is 16.9. The first-order chi connectivity index (χ1) is 11.7. The third-order valence-electron chi connectivity index (χ3n) is 4.79. The number of benzene rings is 1. The average Bonchev–Trinajstić information content (AvgIpc) is 2.64. The van der Waals surface area contributed by atoms with Crippen LogP contribution >= 0.6 is 0 Å². The van der Waals surface area contributed by atoms with Gasteiger partial charge in [-0.3, -0.25) is 9.69 Å². The van der Waals surface area contributed by atoms with Gasteiger partial charge in [-0.15, -0.1) is 0 Å². The Hall–Kier alpha value is -1.97. The van der Waals surface area contributed by atoms with E-state index >= 15 is 0 Å². The molecule has 1 aromatic carbocycles. The first kappa shape index (κ1) is 16.9. The molecule has 1 unspecified atom stereocenters. The number of nitriles is 1. The molecule has 1 amide bonds. The van der Waals surface area contributed by atoms with E-state index in [1.807, 2.05) is 11.0 Å². The van der Waals surface area contributed by atoms with Crippen molar-refractivity contribution >= 4 is 5.91 Å². The molecule has 3 rings (SSSR count). The Kier molecular flexibility index (Phi) is 5.44. The molecule has 2 fully saturated rings. The molecule has 128 valence electrons. The summed E-state index contributed by atoms with van der Waals surface area (Å²) in [5.74, 6) is -0.349. The van der Waals surface area contributed by atoms with Crippen LogP contribution in [0.5, 0.6) is 0 Å². The van der Waals surface area contributed by atoms with E-state index in [1.165, 1.54) is 6.07 Å². The van der Waals surface area contributed by atoms with Crippen LogP contribution in [-0.2, 0) is 16.1 Å². The highest BCUT2D eigenvalue weighted by atomic mass is 19.1. The number of amides is 1. The number of nitrogens with zero attached hydrogens (tertiary/aromatic N) is 3. The van der Waals surface area contributed by atoms with Gasteiger partial charge in [0.2, 0.25) is 5.91 Å². The fraction of sp³-hybridized carbons (Fsp3) is 0.556. The molecule has 24 heavy (non-hydrogen) atoms. The number of likely N-dealkylation sites (tertiary alicyclic amines) is 1. The molecule has 5 nitrogen and oxygen atoms in total. The van der Waals surface area contributed by atoms with Crippen LogP contribution in [0.2, 0.25) is 0 Å². The summed E-state index contributed by atoms with van der Waals surface area (Å²) in [6.07, 6.45) is 2.82. The molecular weight excluding hydrogens is 309 g/mol. The van der Waals surface area contributed by atoms with E-state index in [0.717, 1.165) is 25.8 Å². The lowest BCUT2D eigenvalue weighted by molar-refractivity contribution is -0.142. The lowest BCUT2D eigenvalue weighted by Crippen LogP contribution is -2.53. The lowest BCUT2D eigenvalue weighted by atomic mass is 9.99. The number of rotatable bonds is 3. The Bertz CT molecular complexity index is 638. The summed E-state index contributed by atoms with van der Waals surface area (Å²) >= 11 is 0. The molecule has 0 N–H and O–H groups in total. The van der Waals surface area contributed by atoms with Crippen molar-refractivity contribution in [3.05, 3.63) is 35.1 Å². The maximum atomic E-state index is 14.3. The van der Waals surface area contributed by atoms with Gasteiger partial charge < -0.3 is 9.64 Å². The second kappa shape index (κ2) is 7.73. The molecule has 0 spiro atoms. The normalized spacial score (nSPS) is 22.2. The molecular formula is C18H22FN3O2. The third kappa shape index (κ3) is 3.58. The minimum absolute atomic E-state index is 0.0561. The molecule has 0 aliphatic carbocycles. The number of hydrogen-bond acceptors (Lipinski definition) is 4. The Morgan fingerprint density at radius 2 is 2.08 bits per heavy atom. The Morgan fingerprint density at radius 3 is 2.83 bits per heavy atom. The van der Waals surface area contributed by atoms with E-state index in [1.54, 1.807) is 12.1 Å². The van der Waals surface area contributed by atoms with Gasteiger partial charge in [0.25, 0.3) is 0 Å². The second-order valence-corrected chi connectivity index (χ2v) is 6.31. The summed E-state index contributed by atoms with van der Waals surface area (Å²) in [5, 5.41) is 8.98. The molecule has 2 saturated heterocycles. The number of morpholine rings is 1. The zero-order valence-electron chi connectivity index (χ0n) is 13.7. The summed E-state index contributed by atoms with van der Waals surface area (Å²) in [6, 6.07) is 6.54. The summed E-state index contributed by atoms with van der Waals surface area (Å²) < 4.78 is 19.7. The second-order valence-electron chi connectivity index (χ2n) is 6.31. The number of carbonyl (C=O) groups is 1. The highest BCUT2D eigenvalue weighted by Crippen LogP contribution is 2.23. The van der Waals surface area contributed by atoms with Gasteiger partial charge in [-0.1, -0.05) is 18.6 Å². The number of carbonyl (C=O) groups excluding carboxylic acids is 1. The standard InChI is InChI=1S/C18H22FN3O2/c19-17-14(12-20)4-3-5-15(17)13-22-7-2-1-6-16(22)18(23)21-8-10-24-11-9-21/h3-5,16H,1-2,6-11,13H2. The molecule has 0 saturated carbocycles. The highest BCUT2D eigenvalue weighted by Gasteiger charge is 2.33. The largest absolute Gasteiger partial charge is 0.378 e. The van der Waals surface area contributed by atoms with Crippen molar-refractivity contribution in [2.24, 2.45) is 0 Å². The van der Waals surface area contributed by atoms with Gasteiger partial charge in [-0.05, 0) is 25.5 Å². The van der Waals surface area contributed by atoms with Crippen molar-refractivity contribution in [2.45, 2.75) is 31.8 Å². The van der Waals surface area contributed by atoms with Crippen LogP contribution in [0.15, 0.2) is 18.2 Å². The molecule has 2 aliphatic rings. The number of ether oxygens (including phenoxy) is 1. The van der Waals surface area contributed by atoms with E-state index in [0.29, 0.717) is 38.4 Å². The Balaban J connectivity index is 1.75. The molecule has 1 atom stereocenters. The van der Waals surface area contributed by atoms with Gasteiger partial charge in [-0.2, -0.15) is 5.26 Å². The maximum absolute atomic E-state index is 14.3. The Labute approximate surface area is 141 Å². The summed E-state index contributed by atoms with van der Waals surface area (Å²) in [6.45, 7) is 3.55. The average molecular weight is 331 g/mol.